The zero-order valence-corrected chi connectivity index (χ0v) is 6.19. The Bertz CT molecular complexity index is 93.1. The van der Waals surface area contributed by atoms with E-state index in [9.17, 15) is 4.79 Å². The van der Waals surface area contributed by atoms with E-state index < -0.39 is 0 Å². The molecule has 0 saturated heterocycles. The van der Waals surface area contributed by atoms with Gasteiger partial charge in [-0.1, -0.05) is 6.92 Å². The highest BCUT2D eigenvalue weighted by molar-refractivity contribution is 5.80. The average Bonchev–Trinajstić information content (AvgIpc) is 1.82. The molecule has 0 aliphatic carbocycles. The molecule has 0 spiro atoms. The number of carbonyl (C=O) groups is 1. The van der Waals surface area contributed by atoms with Crippen LogP contribution in [0.1, 0.15) is 20.8 Å². The number of nitrogens with one attached hydrogen (secondary N) is 2. The summed E-state index contributed by atoms with van der Waals surface area (Å²) in [4.78, 5) is 10.5. The molecule has 0 rings (SSSR count). The highest BCUT2D eigenvalue weighted by atomic mass is 16.1. The van der Waals surface area contributed by atoms with Crippen molar-refractivity contribution in [2.45, 2.75) is 26.8 Å². The van der Waals surface area contributed by atoms with Crippen molar-refractivity contribution in [1.82, 2.24) is 10.9 Å². The molecule has 2 N–H and O–H groups in total. The van der Waals surface area contributed by atoms with Crippen LogP contribution in [0.25, 0.3) is 0 Å². The minimum Gasteiger partial charge on any atom is -0.298 e. The Kier molecular flexibility index (Phi) is 4.26. The SMILES string of the molecule is CCNN[C@@H](C)C(C)=O. The molecule has 0 aromatic rings. The van der Waals surface area contributed by atoms with E-state index in [1.165, 1.54) is 0 Å². The molecule has 3 heteroatoms. The minimum absolute atomic E-state index is 0.0788. The molecule has 0 aromatic heterocycles. The Morgan fingerprint density at radius 3 is 2.56 bits per heavy atom. The molecule has 0 bridgehead atoms. The third-order valence-electron chi connectivity index (χ3n) is 1.11. The fraction of sp³-hybridized carbons (Fsp3) is 0.833. The van der Waals surface area contributed by atoms with Crippen LogP contribution in [0.2, 0.25) is 0 Å². The fourth-order valence-electron chi connectivity index (χ4n) is 0.357. The Morgan fingerprint density at radius 1 is 1.67 bits per heavy atom. The fourth-order valence-corrected chi connectivity index (χ4v) is 0.357. The largest absolute Gasteiger partial charge is 0.298 e. The number of hydrazine groups is 1. The van der Waals surface area contributed by atoms with Gasteiger partial charge < -0.3 is 0 Å². The molecule has 0 aliphatic rings. The molecule has 0 aromatic carbocycles. The quantitative estimate of drug-likeness (QED) is 0.529. The van der Waals surface area contributed by atoms with Crippen molar-refractivity contribution in [3.05, 3.63) is 0 Å². The first-order chi connectivity index (χ1) is 4.18. The lowest BCUT2D eigenvalue weighted by Crippen LogP contribution is -2.42. The second kappa shape index (κ2) is 4.47. The zero-order valence-electron chi connectivity index (χ0n) is 6.19. The average molecular weight is 130 g/mol. The van der Waals surface area contributed by atoms with Crippen molar-refractivity contribution < 1.29 is 4.79 Å². The third-order valence-corrected chi connectivity index (χ3v) is 1.11. The van der Waals surface area contributed by atoms with Gasteiger partial charge in [0.05, 0.1) is 6.04 Å². The van der Waals surface area contributed by atoms with Gasteiger partial charge in [-0.2, -0.15) is 0 Å². The van der Waals surface area contributed by atoms with E-state index >= 15 is 0 Å². The van der Waals surface area contributed by atoms with E-state index in [0.29, 0.717) is 0 Å². The van der Waals surface area contributed by atoms with Gasteiger partial charge >= 0.3 is 0 Å². The van der Waals surface area contributed by atoms with Crippen molar-refractivity contribution in [2.75, 3.05) is 6.54 Å². The highest BCUT2D eigenvalue weighted by Crippen LogP contribution is 1.78. The lowest BCUT2D eigenvalue weighted by atomic mass is 10.2. The van der Waals surface area contributed by atoms with E-state index in [0.717, 1.165) is 6.54 Å². The van der Waals surface area contributed by atoms with Crippen LogP contribution in [0, 0.1) is 0 Å². The van der Waals surface area contributed by atoms with E-state index in [1.54, 1.807) is 6.92 Å². The summed E-state index contributed by atoms with van der Waals surface area (Å²) < 4.78 is 0. The van der Waals surface area contributed by atoms with Gasteiger partial charge in [-0.25, -0.2) is 5.43 Å². The van der Waals surface area contributed by atoms with Crippen LogP contribution in [0.5, 0.6) is 0 Å². The predicted octanol–water partition coefficient (Wildman–Crippen LogP) is 0.0780. The van der Waals surface area contributed by atoms with Gasteiger partial charge in [0.15, 0.2) is 0 Å². The normalized spacial score (nSPS) is 13.2. The van der Waals surface area contributed by atoms with E-state index in [2.05, 4.69) is 10.9 Å². The highest BCUT2D eigenvalue weighted by Gasteiger charge is 2.03. The number of carbonyl (C=O) groups excluding carboxylic acids is 1. The summed E-state index contributed by atoms with van der Waals surface area (Å²) in [6.07, 6.45) is 0. The number of Topliss-reactive ketones (excluding diaryl/α,β-unsaturated/α-hetero) is 1. The van der Waals surface area contributed by atoms with Crippen molar-refractivity contribution in [2.24, 2.45) is 0 Å². The van der Waals surface area contributed by atoms with E-state index in [-0.39, 0.29) is 11.8 Å². The van der Waals surface area contributed by atoms with Gasteiger partial charge in [0.25, 0.3) is 0 Å². The molecule has 0 unspecified atom stereocenters. The van der Waals surface area contributed by atoms with E-state index in [4.69, 9.17) is 0 Å². The van der Waals surface area contributed by atoms with Gasteiger partial charge in [0.2, 0.25) is 0 Å². The first kappa shape index (κ1) is 8.59. The molecule has 0 aliphatic heterocycles. The predicted molar refractivity (Wildman–Crippen MR) is 37.0 cm³/mol. The minimum atomic E-state index is -0.0788. The van der Waals surface area contributed by atoms with Crippen molar-refractivity contribution in [1.29, 1.82) is 0 Å². The summed E-state index contributed by atoms with van der Waals surface area (Å²) in [5.74, 6) is 0.149. The lowest BCUT2D eigenvalue weighted by Gasteiger charge is -2.08. The molecule has 54 valence electrons. The second-order valence-corrected chi connectivity index (χ2v) is 2.01. The number of hydrogen-bond acceptors (Lipinski definition) is 3. The van der Waals surface area contributed by atoms with Gasteiger partial charge in [0.1, 0.15) is 5.78 Å². The van der Waals surface area contributed by atoms with Crippen LogP contribution in [0.4, 0.5) is 0 Å². The summed E-state index contributed by atoms with van der Waals surface area (Å²) in [6.45, 7) is 6.19. The Morgan fingerprint density at radius 2 is 2.22 bits per heavy atom. The molecule has 9 heavy (non-hydrogen) atoms. The topological polar surface area (TPSA) is 41.1 Å². The van der Waals surface area contributed by atoms with Gasteiger partial charge in [-0.3, -0.25) is 10.2 Å². The smallest absolute Gasteiger partial charge is 0.147 e. The summed E-state index contributed by atoms with van der Waals surface area (Å²) in [6, 6.07) is -0.0788. The van der Waals surface area contributed by atoms with Crippen LogP contribution >= 0.6 is 0 Å². The monoisotopic (exact) mass is 130 g/mol. The van der Waals surface area contributed by atoms with Gasteiger partial charge in [-0.15, -0.1) is 0 Å². The number of ketones is 1. The Hall–Kier alpha value is -0.410. The second-order valence-electron chi connectivity index (χ2n) is 2.01. The number of rotatable bonds is 4. The van der Waals surface area contributed by atoms with Gasteiger partial charge in [-0.05, 0) is 13.8 Å². The van der Waals surface area contributed by atoms with Crippen LogP contribution in [0.3, 0.4) is 0 Å². The first-order valence-corrected chi connectivity index (χ1v) is 3.17. The third kappa shape index (κ3) is 4.12. The first-order valence-electron chi connectivity index (χ1n) is 3.17. The molecule has 0 saturated carbocycles. The van der Waals surface area contributed by atoms with E-state index in [1.807, 2.05) is 13.8 Å². The maximum absolute atomic E-state index is 10.5. The Balaban J connectivity index is 3.27. The Labute approximate surface area is 55.8 Å². The van der Waals surface area contributed by atoms with Crippen LogP contribution in [-0.2, 0) is 4.79 Å². The maximum atomic E-state index is 10.5. The standard InChI is InChI=1S/C6H14N2O/c1-4-7-8-5(2)6(3)9/h5,7-8H,4H2,1-3H3/t5-/m0/s1. The molecule has 0 amide bonds. The van der Waals surface area contributed by atoms with Crippen molar-refractivity contribution in [3.8, 4) is 0 Å². The molecular formula is C6H14N2O. The zero-order chi connectivity index (χ0) is 7.28. The summed E-state index contributed by atoms with van der Waals surface area (Å²) in [5, 5.41) is 0. The van der Waals surface area contributed by atoms with Crippen molar-refractivity contribution in [3.63, 3.8) is 0 Å². The molecule has 0 radical (unpaired) electrons. The van der Waals surface area contributed by atoms with Crippen LogP contribution < -0.4 is 10.9 Å². The van der Waals surface area contributed by atoms with Gasteiger partial charge in [0, 0.05) is 6.54 Å². The summed E-state index contributed by atoms with van der Waals surface area (Å²) >= 11 is 0. The molecule has 0 fully saturated rings. The number of hydrogen-bond donors (Lipinski definition) is 2. The van der Waals surface area contributed by atoms with Crippen molar-refractivity contribution >= 4 is 5.78 Å². The molecule has 3 nitrogen and oxygen atoms in total. The lowest BCUT2D eigenvalue weighted by molar-refractivity contribution is -0.118. The van der Waals surface area contributed by atoms with Crippen LogP contribution in [0.15, 0.2) is 0 Å². The maximum Gasteiger partial charge on any atom is 0.147 e. The molecule has 1 atom stereocenters. The summed E-state index contributed by atoms with van der Waals surface area (Å²) in [5.41, 5.74) is 5.69. The molecular weight excluding hydrogens is 116 g/mol. The van der Waals surface area contributed by atoms with Crippen LogP contribution in [-0.4, -0.2) is 18.4 Å². The molecule has 0 heterocycles. The summed E-state index contributed by atoms with van der Waals surface area (Å²) in [7, 11) is 0.